The zero-order valence-corrected chi connectivity index (χ0v) is 12.6. The monoisotopic (exact) mass is 338 g/mol. The van der Waals surface area contributed by atoms with E-state index in [1.54, 1.807) is 4.90 Å². The van der Waals surface area contributed by atoms with Gasteiger partial charge in [0.2, 0.25) is 5.91 Å². The Kier molecular flexibility index (Phi) is 6.49. The van der Waals surface area contributed by atoms with E-state index >= 15 is 0 Å². The van der Waals surface area contributed by atoms with Crippen LogP contribution in [0.2, 0.25) is 0 Å². The summed E-state index contributed by atoms with van der Waals surface area (Å²) in [6, 6.07) is 5.61. The third kappa shape index (κ3) is 5.73. The lowest BCUT2D eigenvalue weighted by Gasteiger charge is -2.15. The molecule has 124 valence electrons. The van der Waals surface area contributed by atoms with Crippen molar-refractivity contribution in [1.82, 2.24) is 4.90 Å². The molecule has 4 nitrogen and oxygen atoms in total. The molecule has 1 aliphatic heterocycles. The highest BCUT2D eigenvalue weighted by molar-refractivity contribution is 5.85. The first-order valence-corrected chi connectivity index (χ1v) is 6.71. The van der Waals surface area contributed by atoms with Crippen molar-refractivity contribution in [3.8, 4) is 5.75 Å². The largest absolute Gasteiger partial charge is 0.573 e. The van der Waals surface area contributed by atoms with Crippen LogP contribution >= 0.6 is 12.4 Å². The smallest absolute Gasteiger partial charge is 0.406 e. The maximum Gasteiger partial charge on any atom is 0.573 e. The van der Waals surface area contributed by atoms with Crippen LogP contribution in [0.5, 0.6) is 5.75 Å². The van der Waals surface area contributed by atoms with E-state index in [1.807, 2.05) is 0 Å². The number of rotatable bonds is 4. The SMILES string of the molecule is Cl.NC1CCN(C(=O)CCc2ccc(OC(F)(F)F)cc2)C1. The number of amides is 1. The van der Waals surface area contributed by atoms with Gasteiger partial charge in [0.25, 0.3) is 0 Å². The van der Waals surface area contributed by atoms with Crippen LogP contribution in [0.15, 0.2) is 24.3 Å². The minimum absolute atomic E-state index is 0. The molecule has 0 radical (unpaired) electrons. The maximum atomic E-state index is 12.0. The Balaban J connectivity index is 0.00000242. The Morgan fingerprint density at radius 1 is 1.32 bits per heavy atom. The van der Waals surface area contributed by atoms with E-state index in [9.17, 15) is 18.0 Å². The maximum absolute atomic E-state index is 12.0. The molecule has 0 saturated carbocycles. The predicted octanol–water partition coefficient (Wildman–Crippen LogP) is 2.50. The number of hydrogen-bond acceptors (Lipinski definition) is 3. The predicted molar refractivity (Wildman–Crippen MR) is 77.9 cm³/mol. The highest BCUT2D eigenvalue weighted by Crippen LogP contribution is 2.23. The lowest BCUT2D eigenvalue weighted by molar-refractivity contribution is -0.274. The quantitative estimate of drug-likeness (QED) is 0.917. The Morgan fingerprint density at radius 2 is 1.95 bits per heavy atom. The zero-order chi connectivity index (χ0) is 15.5. The summed E-state index contributed by atoms with van der Waals surface area (Å²) < 4.78 is 39.8. The van der Waals surface area contributed by atoms with Gasteiger partial charge in [-0.25, -0.2) is 0 Å². The summed E-state index contributed by atoms with van der Waals surface area (Å²) in [7, 11) is 0. The second-order valence-electron chi connectivity index (χ2n) is 5.08. The first kappa shape index (κ1) is 18.6. The lowest BCUT2D eigenvalue weighted by Crippen LogP contribution is -2.31. The van der Waals surface area contributed by atoms with Gasteiger partial charge in [0, 0.05) is 25.6 Å². The van der Waals surface area contributed by atoms with Crippen molar-refractivity contribution in [2.75, 3.05) is 13.1 Å². The van der Waals surface area contributed by atoms with Gasteiger partial charge >= 0.3 is 6.36 Å². The van der Waals surface area contributed by atoms with E-state index in [0.717, 1.165) is 12.0 Å². The fraction of sp³-hybridized carbons (Fsp3) is 0.500. The molecule has 1 aliphatic rings. The molecule has 1 aromatic carbocycles. The molecule has 1 amide bonds. The van der Waals surface area contributed by atoms with Gasteiger partial charge < -0.3 is 15.4 Å². The minimum Gasteiger partial charge on any atom is -0.406 e. The van der Waals surface area contributed by atoms with Crippen molar-refractivity contribution < 1.29 is 22.7 Å². The van der Waals surface area contributed by atoms with Crippen molar-refractivity contribution in [3.63, 3.8) is 0 Å². The number of benzene rings is 1. The van der Waals surface area contributed by atoms with E-state index in [4.69, 9.17) is 5.73 Å². The van der Waals surface area contributed by atoms with Crippen LogP contribution in [-0.2, 0) is 11.2 Å². The van der Waals surface area contributed by atoms with Crippen LogP contribution in [0.3, 0.4) is 0 Å². The number of likely N-dealkylation sites (tertiary alicyclic amines) is 1. The van der Waals surface area contributed by atoms with Crippen LogP contribution in [0.25, 0.3) is 0 Å². The van der Waals surface area contributed by atoms with Gasteiger partial charge in [-0.05, 0) is 30.5 Å². The second kappa shape index (κ2) is 7.69. The Hall–Kier alpha value is -1.47. The van der Waals surface area contributed by atoms with Crippen LogP contribution in [-0.4, -0.2) is 36.3 Å². The summed E-state index contributed by atoms with van der Waals surface area (Å²) in [6.07, 6.45) is -3.07. The number of carbonyl (C=O) groups is 1. The van der Waals surface area contributed by atoms with E-state index in [-0.39, 0.29) is 30.1 Å². The number of aryl methyl sites for hydroxylation is 1. The van der Waals surface area contributed by atoms with Gasteiger partial charge in [0.15, 0.2) is 0 Å². The van der Waals surface area contributed by atoms with E-state index in [2.05, 4.69) is 4.74 Å². The summed E-state index contributed by atoms with van der Waals surface area (Å²) in [4.78, 5) is 13.6. The van der Waals surface area contributed by atoms with Gasteiger partial charge in [0.05, 0.1) is 0 Å². The number of nitrogens with zero attached hydrogens (tertiary/aromatic N) is 1. The van der Waals surface area contributed by atoms with E-state index < -0.39 is 6.36 Å². The molecule has 1 saturated heterocycles. The van der Waals surface area contributed by atoms with Crippen LogP contribution in [0.1, 0.15) is 18.4 Å². The Morgan fingerprint density at radius 3 is 2.45 bits per heavy atom. The van der Waals surface area contributed by atoms with Crippen LogP contribution < -0.4 is 10.5 Å². The molecule has 0 aliphatic carbocycles. The number of hydrogen-bond donors (Lipinski definition) is 1. The first-order valence-electron chi connectivity index (χ1n) is 6.71. The molecule has 1 atom stereocenters. The Bertz CT molecular complexity index is 494. The second-order valence-corrected chi connectivity index (χ2v) is 5.08. The lowest BCUT2D eigenvalue weighted by atomic mass is 10.1. The fourth-order valence-corrected chi connectivity index (χ4v) is 2.28. The van der Waals surface area contributed by atoms with E-state index in [1.165, 1.54) is 24.3 Å². The van der Waals surface area contributed by atoms with Gasteiger partial charge in [-0.15, -0.1) is 25.6 Å². The Labute approximate surface area is 132 Å². The van der Waals surface area contributed by atoms with Gasteiger partial charge in [0.1, 0.15) is 5.75 Å². The molecule has 1 fully saturated rings. The first-order chi connectivity index (χ1) is 9.83. The minimum atomic E-state index is -4.69. The summed E-state index contributed by atoms with van der Waals surface area (Å²) in [5.74, 6) is -0.235. The molecule has 2 rings (SSSR count). The van der Waals surface area contributed by atoms with Gasteiger partial charge in [-0.3, -0.25) is 4.79 Å². The number of alkyl halides is 3. The van der Waals surface area contributed by atoms with Gasteiger partial charge in [-0.2, -0.15) is 0 Å². The van der Waals surface area contributed by atoms with Crippen LogP contribution in [0.4, 0.5) is 13.2 Å². The van der Waals surface area contributed by atoms with Crippen LogP contribution in [0, 0.1) is 0 Å². The highest BCUT2D eigenvalue weighted by Gasteiger charge is 2.31. The molecule has 1 aromatic rings. The normalized spacial score (nSPS) is 18.0. The van der Waals surface area contributed by atoms with Crippen molar-refractivity contribution in [3.05, 3.63) is 29.8 Å². The van der Waals surface area contributed by atoms with Crippen molar-refractivity contribution >= 4 is 18.3 Å². The van der Waals surface area contributed by atoms with Gasteiger partial charge in [-0.1, -0.05) is 12.1 Å². The van der Waals surface area contributed by atoms with Crippen molar-refractivity contribution in [2.24, 2.45) is 5.73 Å². The number of nitrogens with two attached hydrogens (primary N) is 1. The number of carbonyl (C=O) groups excluding carboxylic acids is 1. The average Bonchev–Trinajstić information content (AvgIpc) is 2.82. The molecular formula is C14H18ClF3N2O2. The number of ether oxygens (including phenoxy) is 1. The number of halogens is 4. The highest BCUT2D eigenvalue weighted by atomic mass is 35.5. The standard InChI is InChI=1S/C14H17F3N2O2.ClH/c15-14(16,17)21-12-4-1-10(2-5-12)3-6-13(20)19-8-7-11(18)9-19;/h1-2,4-5,11H,3,6-9,18H2;1H. The molecule has 22 heavy (non-hydrogen) atoms. The third-order valence-electron chi connectivity index (χ3n) is 3.36. The molecule has 2 N–H and O–H groups in total. The molecule has 0 spiro atoms. The molecular weight excluding hydrogens is 321 g/mol. The molecule has 0 bridgehead atoms. The summed E-state index contributed by atoms with van der Waals surface area (Å²) in [6.45, 7) is 1.26. The zero-order valence-electron chi connectivity index (χ0n) is 11.8. The average molecular weight is 339 g/mol. The molecule has 1 heterocycles. The summed E-state index contributed by atoms with van der Waals surface area (Å²) in [5.41, 5.74) is 6.53. The topological polar surface area (TPSA) is 55.6 Å². The summed E-state index contributed by atoms with van der Waals surface area (Å²) in [5, 5.41) is 0. The molecule has 0 aromatic heterocycles. The summed E-state index contributed by atoms with van der Waals surface area (Å²) >= 11 is 0. The van der Waals surface area contributed by atoms with Crippen molar-refractivity contribution in [2.45, 2.75) is 31.7 Å². The fourth-order valence-electron chi connectivity index (χ4n) is 2.28. The molecule has 8 heteroatoms. The van der Waals surface area contributed by atoms with Crippen molar-refractivity contribution in [1.29, 1.82) is 0 Å². The van der Waals surface area contributed by atoms with E-state index in [0.29, 0.717) is 25.9 Å². The third-order valence-corrected chi connectivity index (χ3v) is 3.36. The molecule has 1 unspecified atom stereocenters.